The van der Waals surface area contributed by atoms with E-state index in [4.69, 9.17) is 23.7 Å². The molecular weight excluding hydrogens is 1820 g/mol. The van der Waals surface area contributed by atoms with Gasteiger partial charge in [-0.15, -0.1) is 0 Å². The number of carbonyl (C=O) groups is 6. The van der Waals surface area contributed by atoms with E-state index in [-0.39, 0.29) is 84.9 Å². The number of halogens is 17. The Morgan fingerprint density at radius 1 is 0.455 bits per heavy atom. The standard InChI is InChI=1S/C30H25F8N5O4.C30H29F5N6O6.C26H23F4N5O5/c1-15-3-6-19(29(33,34)35)25(40-15)18-5-4-16(43-8-7-39-26(18)43)13-22(28(45)46-2)41-27(44)24-20(31)11-17(12-21(24)32)42-9-10-47-14-23(42)30(36,37)38;1-15-23(27(43)39(3)29(45)38(15)2)18-6-5-16(41-8-7-36-25(18)41)13-21(28(44)46-4)37-26(42)24-19(31)11-17(12-20(24)32)40-9-10-47-14-22(40)30(33,34)35;1-12-19(24(37)34(3)26(39)33(12)2)15-6-5-14(35-8-7-31-22(15)35)11-18(25(38)40-4)32-23(36)20-16(27)9-13(21(29)30)10-17(20)28/h3-8,11-12,22-23H,9-10,13-14H2,1-2H3,(H,41,44);5-8,11-12,21-22H,9-10,13-14H2,1-4H3,(H,37,42);5-10,18,21H,11H2,1-4H3,(H,32,36)/t22-,23+;21-,22+;18-/m000/s1. The lowest BCUT2D eigenvalue weighted by Gasteiger charge is -2.38. The molecule has 710 valence electrons. The highest BCUT2D eigenvalue weighted by Crippen LogP contribution is 2.40. The number of hydrogen-bond donors (Lipinski definition) is 3. The van der Waals surface area contributed by atoms with Gasteiger partial charge in [-0.05, 0) is 106 Å². The molecule has 11 heterocycles. The molecule has 12 aromatic rings. The summed E-state index contributed by atoms with van der Waals surface area (Å²) in [6.45, 7) is 2.39. The molecule has 48 heteroatoms. The van der Waals surface area contributed by atoms with Gasteiger partial charge in [-0.25, -0.2) is 74.0 Å². The van der Waals surface area contributed by atoms with Crippen molar-refractivity contribution in [2.45, 2.75) is 95.2 Å². The summed E-state index contributed by atoms with van der Waals surface area (Å²) in [4.78, 5) is 146. The van der Waals surface area contributed by atoms with Crippen molar-refractivity contribution in [2.75, 3.05) is 70.6 Å². The summed E-state index contributed by atoms with van der Waals surface area (Å²) < 4.78 is 271. The zero-order valence-corrected chi connectivity index (χ0v) is 71.7. The number of aryl methyl sites for hydroxylation is 1. The number of rotatable bonds is 21. The number of alkyl halides is 11. The van der Waals surface area contributed by atoms with E-state index in [1.54, 1.807) is 42.5 Å². The van der Waals surface area contributed by atoms with E-state index in [1.165, 1.54) is 108 Å². The zero-order valence-electron chi connectivity index (χ0n) is 71.7. The highest BCUT2D eigenvalue weighted by molar-refractivity contribution is 6.00. The first-order chi connectivity index (χ1) is 63.1. The Bertz CT molecular complexity index is 6810. The minimum Gasteiger partial charge on any atom is -0.467 e. The van der Waals surface area contributed by atoms with Crippen molar-refractivity contribution in [2.24, 2.45) is 28.2 Å². The molecule has 2 aliphatic heterocycles. The SMILES string of the molecule is COC(=O)[C@H](Cc1ccc(-c2c(C)n(C)c(=O)n(C)c2=O)c2nccn12)NC(=O)c1c(F)cc(C(F)F)cc1F.COC(=O)[C@H](Cc1ccc(-c2c(C)n(C)c(=O)n(C)c2=O)c2nccn12)NC(=O)c1c(F)cc(N2CCOC[C@@H]2C(F)(F)F)cc1F.COC(=O)[C@H](Cc1ccc(-c2nc(C)ccc2C(F)(F)F)c2nccn12)NC(=O)c1c(F)cc(N2CCOC[C@@H]2C(F)(F)F)cc1F. The maximum Gasteiger partial charge on any atom is 0.418 e. The van der Waals surface area contributed by atoms with Crippen LogP contribution < -0.4 is 48.2 Å². The Labute approximate surface area is 743 Å². The Balaban J connectivity index is 0.000000182. The quantitative estimate of drug-likeness (QED) is 0.0342. The predicted octanol–water partition coefficient (Wildman–Crippen LogP) is 9.99. The van der Waals surface area contributed by atoms with Gasteiger partial charge in [0.15, 0.2) is 0 Å². The van der Waals surface area contributed by atoms with E-state index in [0.717, 1.165) is 46.3 Å². The van der Waals surface area contributed by atoms with Gasteiger partial charge in [0, 0.05) is 166 Å². The Kier molecular flexibility index (Phi) is 29.0. The van der Waals surface area contributed by atoms with Gasteiger partial charge in [-0.1, -0.05) is 0 Å². The molecule has 31 nitrogen and oxygen atoms in total. The molecule has 0 radical (unpaired) electrons. The number of fused-ring (bicyclic) bond motifs is 3. The van der Waals surface area contributed by atoms with Crippen LogP contribution in [0.2, 0.25) is 0 Å². The summed E-state index contributed by atoms with van der Waals surface area (Å²) in [6, 6.07) is 5.26. The minimum absolute atomic E-state index is 0.0192. The molecule has 2 fully saturated rings. The van der Waals surface area contributed by atoms with Crippen LogP contribution in [0.1, 0.15) is 82.8 Å². The molecule has 14 rings (SSSR count). The molecule has 134 heavy (non-hydrogen) atoms. The topological polar surface area (TPSA) is 344 Å². The molecule has 0 bridgehead atoms. The lowest BCUT2D eigenvalue weighted by molar-refractivity contribution is -0.167. The summed E-state index contributed by atoms with van der Waals surface area (Å²) in [5.74, 6) is -15.9. The molecule has 9 aromatic heterocycles. The third kappa shape index (κ3) is 20.1. The lowest BCUT2D eigenvalue weighted by atomic mass is 10.0. The van der Waals surface area contributed by atoms with Crippen LogP contribution >= 0.6 is 0 Å². The number of aromatic nitrogens is 11. The van der Waals surface area contributed by atoms with E-state index in [0.29, 0.717) is 81.6 Å². The van der Waals surface area contributed by atoms with Crippen molar-refractivity contribution in [3.8, 4) is 33.5 Å². The third-order valence-electron chi connectivity index (χ3n) is 22.3. The molecule has 3 aromatic carbocycles. The molecule has 2 saturated heterocycles. The molecule has 0 unspecified atom stereocenters. The first-order valence-electron chi connectivity index (χ1n) is 39.8. The van der Waals surface area contributed by atoms with Crippen molar-refractivity contribution >= 4 is 63.9 Å². The Morgan fingerprint density at radius 2 is 0.776 bits per heavy atom. The second-order valence-electron chi connectivity index (χ2n) is 30.4. The second kappa shape index (κ2) is 39.4. The fourth-order valence-corrected chi connectivity index (χ4v) is 15.3. The number of nitrogens with zero attached hydrogens (tertiary/aromatic N) is 13. The fraction of sp³-hybridized carbons (Fsp3) is 0.326. The molecule has 0 aliphatic carbocycles. The van der Waals surface area contributed by atoms with Crippen molar-refractivity contribution in [3.05, 3.63) is 261 Å². The first-order valence-corrected chi connectivity index (χ1v) is 39.8. The van der Waals surface area contributed by atoms with E-state index in [1.807, 2.05) is 0 Å². The van der Waals surface area contributed by atoms with Crippen LogP contribution in [0.15, 0.2) is 141 Å². The molecular formula is C86H77F17N16O15. The smallest absolute Gasteiger partial charge is 0.418 e. The van der Waals surface area contributed by atoms with Gasteiger partial charge < -0.3 is 71.8 Å². The summed E-state index contributed by atoms with van der Waals surface area (Å²) in [5.41, 5.74) is -4.82. The van der Waals surface area contributed by atoms with Crippen LogP contribution in [0.25, 0.3) is 50.5 Å². The number of imidazole rings is 3. The van der Waals surface area contributed by atoms with E-state index in [9.17, 15) is 105 Å². The summed E-state index contributed by atoms with van der Waals surface area (Å²) >= 11 is 0. The molecule has 3 amide bonds. The van der Waals surface area contributed by atoms with Crippen LogP contribution in [0.3, 0.4) is 0 Å². The van der Waals surface area contributed by atoms with E-state index >= 15 is 17.6 Å². The van der Waals surface area contributed by atoms with E-state index < -0.39 is 201 Å². The maximum absolute atomic E-state index is 15.2. The number of ether oxygens (including phenoxy) is 5. The van der Waals surface area contributed by atoms with Gasteiger partial charge in [-0.3, -0.25) is 38.1 Å². The minimum atomic E-state index is -4.77. The molecule has 5 atom stereocenters. The van der Waals surface area contributed by atoms with Crippen molar-refractivity contribution < 1.29 is 127 Å². The van der Waals surface area contributed by atoms with Crippen LogP contribution in [0.5, 0.6) is 0 Å². The summed E-state index contributed by atoms with van der Waals surface area (Å²) in [6.07, 6.45) is -9.67. The monoisotopic (exact) mass is 1900 g/mol. The normalized spacial score (nSPS) is 14.9. The number of anilines is 2. The Morgan fingerprint density at radius 3 is 1.09 bits per heavy atom. The number of carbonyl (C=O) groups excluding carboxylic acids is 6. The Hall–Kier alpha value is -14.6. The number of hydrogen-bond acceptors (Lipinski definition) is 21. The molecule has 0 spiro atoms. The molecule has 3 N–H and O–H groups in total. The number of esters is 3. The fourth-order valence-electron chi connectivity index (χ4n) is 15.3. The number of pyridine rings is 4. The lowest BCUT2D eigenvalue weighted by Crippen LogP contribution is -2.53. The highest BCUT2D eigenvalue weighted by atomic mass is 19.4. The van der Waals surface area contributed by atoms with Gasteiger partial charge in [0.1, 0.15) is 98.7 Å². The number of benzene rings is 3. The molecule has 0 saturated carbocycles. The van der Waals surface area contributed by atoms with Gasteiger partial charge in [0.05, 0.1) is 70.1 Å². The maximum atomic E-state index is 15.2. The zero-order chi connectivity index (χ0) is 98.1. The van der Waals surface area contributed by atoms with Crippen molar-refractivity contribution in [3.63, 3.8) is 0 Å². The average molecular weight is 1900 g/mol. The molecule has 2 aliphatic rings. The van der Waals surface area contributed by atoms with Crippen LogP contribution in [0.4, 0.5) is 86.0 Å². The average Bonchev–Trinajstić information content (AvgIpc) is 1.29. The number of morpholine rings is 2. The van der Waals surface area contributed by atoms with Crippen LogP contribution in [0, 0.1) is 55.7 Å². The third-order valence-corrected chi connectivity index (χ3v) is 22.3. The number of nitrogens with one attached hydrogen (secondary N) is 3. The van der Waals surface area contributed by atoms with Crippen molar-refractivity contribution in [1.29, 1.82) is 0 Å². The second-order valence-corrected chi connectivity index (χ2v) is 30.4. The van der Waals surface area contributed by atoms with Gasteiger partial charge >= 0.3 is 47.8 Å². The number of methoxy groups -OCH3 is 3. The highest BCUT2D eigenvalue weighted by Gasteiger charge is 2.48. The largest absolute Gasteiger partial charge is 0.467 e. The van der Waals surface area contributed by atoms with Crippen LogP contribution in [-0.2, 0) is 91.7 Å². The van der Waals surface area contributed by atoms with E-state index in [2.05, 4.69) is 35.9 Å². The predicted molar refractivity (Wildman–Crippen MR) is 441 cm³/mol. The summed E-state index contributed by atoms with van der Waals surface area (Å²) in [5, 5.41) is 6.64. The van der Waals surface area contributed by atoms with Gasteiger partial charge in [0.25, 0.3) is 35.3 Å². The first kappa shape index (κ1) is 98.4. The van der Waals surface area contributed by atoms with Crippen molar-refractivity contribution in [1.82, 2.24) is 67.4 Å². The van der Waals surface area contributed by atoms with Gasteiger partial charge in [0.2, 0.25) is 0 Å². The number of amides is 3. The summed E-state index contributed by atoms with van der Waals surface area (Å²) in [7, 11) is 8.82. The van der Waals surface area contributed by atoms with Crippen LogP contribution in [-0.4, -0.2) is 190 Å². The van der Waals surface area contributed by atoms with Gasteiger partial charge in [-0.2, -0.15) is 39.5 Å².